The normalized spacial score (nSPS) is 10.9. The highest BCUT2D eigenvalue weighted by Crippen LogP contribution is 2.18. The first-order valence-electron chi connectivity index (χ1n) is 7.07. The molecule has 0 radical (unpaired) electrons. The van der Waals surface area contributed by atoms with Crippen LogP contribution in [0.5, 0.6) is 0 Å². The Hall–Kier alpha value is -2.23. The summed E-state index contributed by atoms with van der Waals surface area (Å²) in [5, 5.41) is 1.17. The zero-order valence-electron chi connectivity index (χ0n) is 12.0. The van der Waals surface area contributed by atoms with Crippen LogP contribution in [-0.4, -0.2) is 4.98 Å². The molecule has 0 spiro atoms. The molecule has 0 aliphatic heterocycles. The van der Waals surface area contributed by atoms with E-state index in [0.717, 1.165) is 16.8 Å². The Morgan fingerprint density at radius 1 is 1.00 bits per heavy atom. The Kier molecular flexibility index (Phi) is 4.24. The molecule has 106 valence electrons. The zero-order valence-corrected chi connectivity index (χ0v) is 12.0. The Labute approximate surface area is 124 Å². The molecule has 0 atom stereocenters. The smallest absolute Gasteiger partial charge is 0.0933 e. The van der Waals surface area contributed by atoms with Crippen molar-refractivity contribution in [2.75, 3.05) is 0 Å². The first kappa shape index (κ1) is 13.7. The number of hydrogen-bond acceptors (Lipinski definition) is 3. The van der Waals surface area contributed by atoms with Crippen molar-refractivity contribution >= 4 is 10.9 Å². The van der Waals surface area contributed by atoms with Gasteiger partial charge in [0.15, 0.2) is 0 Å². The first-order chi connectivity index (χ1) is 10.3. The van der Waals surface area contributed by atoms with E-state index in [9.17, 15) is 0 Å². The molecule has 1 N–H and O–H groups in total. The van der Waals surface area contributed by atoms with Gasteiger partial charge in [-0.1, -0.05) is 48.5 Å². The van der Waals surface area contributed by atoms with Gasteiger partial charge in [-0.05, 0) is 30.2 Å². The number of aromatic nitrogens is 1. The lowest BCUT2D eigenvalue weighted by atomic mass is 10.1. The largest absolute Gasteiger partial charge is 0.297 e. The fourth-order valence-corrected chi connectivity index (χ4v) is 2.38. The summed E-state index contributed by atoms with van der Waals surface area (Å²) in [5.74, 6) is 0. The van der Waals surface area contributed by atoms with E-state index in [1.54, 1.807) is 0 Å². The number of pyridine rings is 1. The molecule has 0 amide bonds. The molecule has 3 rings (SSSR count). The van der Waals surface area contributed by atoms with E-state index in [1.165, 1.54) is 10.9 Å². The summed E-state index contributed by atoms with van der Waals surface area (Å²) in [7, 11) is 0. The summed E-state index contributed by atoms with van der Waals surface area (Å²) in [5.41, 5.74) is 7.44. The number of hydroxylamine groups is 1. The van der Waals surface area contributed by atoms with Crippen molar-refractivity contribution in [3.05, 3.63) is 77.5 Å². The van der Waals surface area contributed by atoms with Crippen molar-refractivity contribution in [2.45, 2.75) is 20.1 Å². The molecule has 3 aromatic rings. The van der Waals surface area contributed by atoms with Crippen molar-refractivity contribution in [1.82, 2.24) is 10.5 Å². The first-order valence-corrected chi connectivity index (χ1v) is 7.07. The molecule has 1 aromatic heterocycles. The van der Waals surface area contributed by atoms with Gasteiger partial charge in [-0.2, -0.15) is 5.48 Å². The number of hydrogen-bond donors (Lipinski definition) is 1. The maximum absolute atomic E-state index is 5.54. The van der Waals surface area contributed by atoms with E-state index in [4.69, 9.17) is 4.84 Å². The van der Waals surface area contributed by atoms with Gasteiger partial charge in [0.25, 0.3) is 0 Å². The fraction of sp³-hybridized carbons (Fsp3) is 0.167. The van der Waals surface area contributed by atoms with E-state index < -0.39 is 0 Å². The average Bonchev–Trinajstić information content (AvgIpc) is 2.52. The summed E-state index contributed by atoms with van der Waals surface area (Å²) in [4.78, 5) is 10.1. The van der Waals surface area contributed by atoms with Crippen LogP contribution in [0.15, 0.2) is 60.7 Å². The molecular formula is C18H18N2O. The second-order valence-electron chi connectivity index (χ2n) is 5.04. The highest BCUT2D eigenvalue weighted by atomic mass is 16.6. The van der Waals surface area contributed by atoms with Crippen LogP contribution in [0.3, 0.4) is 0 Å². The Morgan fingerprint density at radius 3 is 2.62 bits per heavy atom. The quantitative estimate of drug-likeness (QED) is 0.570. The maximum atomic E-state index is 5.54. The molecule has 2 aromatic carbocycles. The maximum Gasteiger partial charge on any atom is 0.0933 e. The molecule has 0 saturated heterocycles. The third kappa shape index (κ3) is 3.45. The van der Waals surface area contributed by atoms with E-state index in [-0.39, 0.29) is 0 Å². The summed E-state index contributed by atoms with van der Waals surface area (Å²) in [6.07, 6.45) is 0. The van der Waals surface area contributed by atoms with E-state index >= 15 is 0 Å². The Balaban J connectivity index is 1.65. The second kappa shape index (κ2) is 6.48. The van der Waals surface area contributed by atoms with Crippen LogP contribution in [0.25, 0.3) is 10.9 Å². The van der Waals surface area contributed by atoms with Gasteiger partial charge < -0.3 is 0 Å². The predicted molar refractivity (Wildman–Crippen MR) is 84.6 cm³/mol. The summed E-state index contributed by atoms with van der Waals surface area (Å²) in [6, 6.07) is 20.4. The van der Waals surface area contributed by atoms with E-state index in [2.05, 4.69) is 22.6 Å². The lowest BCUT2D eigenvalue weighted by molar-refractivity contribution is 0.0237. The van der Waals surface area contributed by atoms with Gasteiger partial charge in [0.05, 0.1) is 12.1 Å². The molecule has 0 bridgehead atoms. The lowest BCUT2D eigenvalue weighted by Crippen LogP contribution is -2.14. The molecule has 0 aliphatic carbocycles. The van der Waals surface area contributed by atoms with Gasteiger partial charge in [-0.3, -0.25) is 9.82 Å². The number of aryl methyl sites for hydroxylation is 1. The summed E-state index contributed by atoms with van der Waals surface area (Å²) >= 11 is 0. The number of nitrogens with zero attached hydrogens (tertiary/aromatic N) is 1. The minimum absolute atomic E-state index is 0.558. The van der Waals surface area contributed by atoms with Crippen molar-refractivity contribution < 1.29 is 4.84 Å². The SMILES string of the molecule is Cc1cc(CNOCc2ccccc2)c2ccccc2n1. The Morgan fingerprint density at radius 2 is 1.76 bits per heavy atom. The highest BCUT2D eigenvalue weighted by molar-refractivity contribution is 5.82. The third-order valence-electron chi connectivity index (χ3n) is 3.38. The number of nitrogens with one attached hydrogen (secondary N) is 1. The number of fused-ring (bicyclic) bond motifs is 1. The van der Waals surface area contributed by atoms with E-state index in [0.29, 0.717) is 13.2 Å². The number of rotatable bonds is 5. The van der Waals surface area contributed by atoms with Gasteiger partial charge in [0.2, 0.25) is 0 Å². The number of para-hydroxylation sites is 1. The van der Waals surface area contributed by atoms with Gasteiger partial charge in [0.1, 0.15) is 0 Å². The van der Waals surface area contributed by atoms with Crippen LogP contribution in [0.2, 0.25) is 0 Å². The molecule has 3 heteroatoms. The molecule has 0 fully saturated rings. The van der Waals surface area contributed by atoms with E-state index in [1.807, 2.05) is 55.5 Å². The fourth-order valence-electron chi connectivity index (χ4n) is 2.38. The molecule has 0 unspecified atom stereocenters. The average molecular weight is 278 g/mol. The molecule has 1 heterocycles. The van der Waals surface area contributed by atoms with Crippen LogP contribution < -0.4 is 5.48 Å². The Bertz CT molecular complexity index is 726. The van der Waals surface area contributed by atoms with Crippen molar-refractivity contribution in [1.29, 1.82) is 0 Å². The van der Waals surface area contributed by atoms with Crippen molar-refractivity contribution in [3.63, 3.8) is 0 Å². The van der Waals surface area contributed by atoms with Crippen LogP contribution in [0, 0.1) is 6.92 Å². The molecular weight excluding hydrogens is 260 g/mol. The van der Waals surface area contributed by atoms with Crippen molar-refractivity contribution in [2.24, 2.45) is 0 Å². The monoisotopic (exact) mass is 278 g/mol. The zero-order chi connectivity index (χ0) is 14.5. The minimum atomic E-state index is 0.558. The highest BCUT2D eigenvalue weighted by Gasteiger charge is 2.03. The molecule has 0 saturated carbocycles. The van der Waals surface area contributed by atoms with Crippen LogP contribution in [0.1, 0.15) is 16.8 Å². The van der Waals surface area contributed by atoms with Gasteiger partial charge in [0, 0.05) is 17.6 Å². The van der Waals surface area contributed by atoms with Gasteiger partial charge in [-0.15, -0.1) is 0 Å². The van der Waals surface area contributed by atoms with Gasteiger partial charge in [-0.25, -0.2) is 0 Å². The van der Waals surface area contributed by atoms with Crippen LogP contribution in [0.4, 0.5) is 0 Å². The molecule has 21 heavy (non-hydrogen) atoms. The summed E-state index contributed by atoms with van der Waals surface area (Å²) < 4.78 is 0. The summed E-state index contributed by atoms with van der Waals surface area (Å²) in [6.45, 7) is 3.24. The van der Waals surface area contributed by atoms with Gasteiger partial charge >= 0.3 is 0 Å². The minimum Gasteiger partial charge on any atom is -0.297 e. The predicted octanol–water partition coefficient (Wildman–Crippen LogP) is 3.76. The molecule has 0 aliphatic rings. The lowest BCUT2D eigenvalue weighted by Gasteiger charge is -2.09. The molecule has 3 nitrogen and oxygen atoms in total. The standard InChI is InChI=1S/C18H18N2O/c1-14-11-16(17-9-5-6-10-18(17)20-14)12-19-21-13-15-7-3-2-4-8-15/h2-11,19H,12-13H2,1H3. The van der Waals surface area contributed by atoms with Crippen molar-refractivity contribution in [3.8, 4) is 0 Å². The number of benzene rings is 2. The van der Waals surface area contributed by atoms with Crippen LogP contribution in [-0.2, 0) is 18.0 Å². The topological polar surface area (TPSA) is 34.1 Å². The third-order valence-corrected chi connectivity index (χ3v) is 3.38. The second-order valence-corrected chi connectivity index (χ2v) is 5.04. The van der Waals surface area contributed by atoms with Crippen LogP contribution >= 0.6 is 0 Å².